The van der Waals surface area contributed by atoms with Gasteiger partial charge in [-0.2, -0.15) is 16.8 Å². The smallest absolute Gasteiger partial charge is 0.306 e. The Bertz CT molecular complexity index is 2140. The number of aliphatic hydroxyl groups is 2. The molecule has 8 aliphatic carbocycles. The molecule has 2 amide bonds. The van der Waals surface area contributed by atoms with Crippen LogP contribution in [-0.4, -0.2) is 109 Å². The van der Waals surface area contributed by atoms with Gasteiger partial charge in [-0.05, 0) is 203 Å². The Hall–Kier alpha value is -2.38. The first kappa shape index (κ1) is 58.8. The molecule has 0 heterocycles. The van der Waals surface area contributed by atoms with Gasteiger partial charge in [-0.1, -0.05) is 41.5 Å². The summed E-state index contributed by atoms with van der Waals surface area (Å²) < 4.78 is 76.1. The van der Waals surface area contributed by atoms with Crippen molar-refractivity contribution in [2.75, 3.05) is 24.6 Å². The van der Waals surface area contributed by atoms with Gasteiger partial charge in [0, 0.05) is 50.6 Å². The quantitative estimate of drug-likeness (QED) is 0.0498. The van der Waals surface area contributed by atoms with Crippen LogP contribution in [-0.2, 0) is 48.9 Å². The number of nitrogens with one attached hydrogen (secondary N) is 2. The summed E-state index contributed by atoms with van der Waals surface area (Å²) in [6.07, 6.45) is 15.6. The number of fused-ring (bicyclic) bond motifs is 10. The maximum absolute atomic E-state index is 14.1. The van der Waals surface area contributed by atoms with Gasteiger partial charge in [-0.15, -0.1) is 0 Å². The molecule has 20 atom stereocenters. The number of hydrogen-bond donors (Lipinski definition) is 6. The monoisotopic (exact) mass is 1090 g/mol. The normalized spacial score (nSPS) is 42.0. The standard InChI is InChI=1S/C57H94N2O14S2/c1-34(10-16-48(62)58-26-28-74(66,67)68)40-12-14-42-52-44(20-24-56(40,42)5)54(3)22-18-38(60)30-36(54)32-46(52)72-50(64)8-7-9-51(65)73-47-33-37-31-39(61)19-23-55(37,4)45-21-25-57(6)41(13-15-43(57)53(45)47)35(2)11-17-49(63)59-27-29-75(69,70)71/h34-47,52-53,60-61H,7-33H2,1-6H3,(H,58,62)(H,59,63)(H,66,67,68)(H,69,70,71)/t34-,35-,36?,37?,38+,39+,40-,41+,42-,43-,44-,45-,46-,47-,52-,53-,54-,55-,56+,57+/m1/s1. The summed E-state index contributed by atoms with van der Waals surface area (Å²) in [6, 6.07) is 0. The molecule has 75 heavy (non-hydrogen) atoms. The molecule has 8 rings (SSSR count). The fourth-order valence-corrected chi connectivity index (χ4v) is 20.0. The lowest BCUT2D eigenvalue weighted by Crippen LogP contribution is -2.59. The molecule has 0 aromatic carbocycles. The van der Waals surface area contributed by atoms with Crippen molar-refractivity contribution in [3.8, 4) is 0 Å². The molecule has 18 heteroatoms. The molecule has 0 aliphatic heterocycles. The Morgan fingerprint density at radius 1 is 0.520 bits per heavy atom. The van der Waals surface area contributed by atoms with E-state index in [1.807, 2.05) is 0 Å². The Balaban J connectivity index is 0.899. The Kier molecular flexibility index (Phi) is 18.0. The average Bonchev–Trinajstić information content (AvgIpc) is 3.89. The zero-order valence-corrected chi connectivity index (χ0v) is 47.7. The zero-order chi connectivity index (χ0) is 54.5. The van der Waals surface area contributed by atoms with E-state index in [0.717, 1.165) is 77.0 Å². The molecule has 0 aromatic rings. The number of rotatable bonds is 20. The van der Waals surface area contributed by atoms with Crippen molar-refractivity contribution in [2.45, 2.75) is 214 Å². The van der Waals surface area contributed by atoms with Crippen molar-refractivity contribution >= 4 is 44.0 Å². The first-order chi connectivity index (χ1) is 35.1. The van der Waals surface area contributed by atoms with Crippen LogP contribution in [0.3, 0.4) is 0 Å². The molecule has 6 N–H and O–H groups in total. The first-order valence-corrected chi connectivity index (χ1v) is 32.6. The molecule has 0 bridgehead atoms. The molecule has 8 saturated carbocycles. The van der Waals surface area contributed by atoms with Crippen molar-refractivity contribution in [3.05, 3.63) is 0 Å². The molecule has 2 unspecified atom stereocenters. The second kappa shape index (κ2) is 23.0. The zero-order valence-electron chi connectivity index (χ0n) is 46.0. The van der Waals surface area contributed by atoms with Gasteiger partial charge >= 0.3 is 11.9 Å². The van der Waals surface area contributed by atoms with Gasteiger partial charge in [0.15, 0.2) is 0 Å². The molecule has 0 aromatic heterocycles. The van der Waals surface area contributed by atoms with Crippen molar-refractivity contribution in [1.82, 2.24) is 10.6 Å². The van der Waals surface area contributed by atoms with E-state index in [-0.39, 0.29) is 144 Å². The number of esters is 2. The molecule has 0 spiro atoms. The lowest BCUT2D eigenvalue weighted by atomic mass is 9.43. The molecule has 16 nitrogen and oxygen atoms in total. The second-order valence-corrected chi connectivity index (χ2v) is 30.1. The van der Waals surface area contributed by atoms with Crippen molar-refractivity contribution in [3.63, 3.8) is 0 Å². The maximum atomic E-state index is 14.1. The number of hydrogen-bond acceptors (Lipinski definition) is 12. The summed E-state index contributed by atoms with van der Waals surface area (Å²) in [4.78, 5) is 53.6. The highest BCUT2D eigenvalue weighted by Gasteiger charge is 2.66. The third kappa shape index (κ3) is 12.7. The molecule has 0 radical (unpaired) electrons. The van der Waals surface area contributed by atoms with Crippen LogP contribution >= 0.6 is 0 Å². The van der Waals surface area contributed by atoms with Crippen LogP contribution < -0.4 is 10.6 Å². The van der Waals surface area contributed by atoms with Gasteiger partial charge in [-0.3, -0.25) is 28.3 Å². The van der Waals surface area contributed by atoms with E-state index in [0.29, 0.717) is 80.5 Å². The lowest BCUT2D eigenvalue weighted by Gasteiger charge is -2.62. The van der Waals surface area contributed by atoms with E-state index >= 15 is 0 Å². The van der Waals surface area contributed by atoms with E-state index in [2.05, 4.69) is 52.2 Å². The summed E-state index contributed by atoms with van der Waals surface area (Å²) in [5.41, 5.74) is 0.0524. The van der Waals surface area contributed by atoms with Crippen molar-refractivity contribution in [1.29, 1.82) is 0 Å². The summed E-state index contributed by atoms with van der Waals surface area (Å²) in [7, 11) is -8.32. The number of ether oxygens (including phenoxy) is 2. The van der Waals surface area contributed by atoms with E-state index < -0.39 is 31.7 Å². The Morgan fingerprint density at radius 2 is 0.880 bits per heavy atom. The number of carbonyl (C=O) groups excluding carboxylic acids is 4. The summed E-state index contributed by atoms with van der Waals surface area (Å²) in [5.74, 6) is 1.32. The molecule has 8 aliphatic rings. The molecular formula is C57H94N2O14S2. The fraction of sp³-hybridized carbons (Fsp3) is 0.930. The molecule has 428 valence electrons. The fourth-order valence-electron chi connectivity index (χ4n) is 19.3. The minimum Gasteiger partial charge on any atom is -0.462 e. The van der Waals surface area contributed by atoms with Crippen molar-refractivity contribution in [2.24, 2.45) is 92.7 Å². The molecule has 8 fully saturated rings. The predicted molar refractivity (Wildman–Crippen MR) is 282 cm³/mol. The lowest BCUT2D eigenvalue weighted by molar-refractivity contribution is -0.196. The highest BCUT2D eigenvalue weighted by Crippen LogP contribution is 2.71. The van der Waals surface area contributed by atoms with Gasteiger partial charge in [-0.25, -0.2) is 0 Å². The topological polar surface area (TPSA) is 260 Å². The summed E-state index contributed by atoms with van der Waals surface area (Å²) in [6.45, 7) is 13.8. The number of aliphatic hydroxyl groups excluding tert-OH is 2. The van der Waals surface area contributed by atoms with Crippen LogP contribution in [0.5, 0.6) is 0 Å². The first-order valence-electron chi connectivity index (χ1n) is 29.3. The van der Waals surface area contributed by atoms with Crippen LogP contribution in [0, 0.1) is 92.7 Å². The number of carbonyl (C=O) groups is 4. The van der Waals surface area contributed by atoms with Gasteiger partial charge in [0.2, 0.25) is 11.8 Å². The predicted octanol–water partition coefficient (Wildman–Crippen LogP) is 8.08. The Morgan fingerprint density at radius 3 is 1.25 bits per heavy atom. The minimum atomic E-state index is -4.16. The highest BCUT2D eigenvalue weighted by molar-refractivity contribution is 7.86. The van der Waals surface area contributed by atoms with Gasteiger partial charge in [0.25, 0.3) is 20.2 Å². The van der Waals surface area contributed by atoms with E-state index in [1.54, 1.807) is 0 Å². The largest absolute Gasteiger partial charge is 0.462 e. The van der Waals surface area contributed by atoms with Crippen LogP contribution in [0.15, 0.2) is 0 Å². The number of amides is 2. The van der Waals surface area contributed by atoms with Gasteiger partial charge < -0.3 is 30.3 Å². The van der Waals surface area contributed by atoms with E-state index in [9.17, 15) is 46.2 Å². The van der Waals surface area contributed by atoms with Crippen molar-refractivity contribution < 1.29 is 64.8 Å². The highest BCUT2D eigenvalue weighted by atomic mass is 32.2. The van der Waals surface area contributed by atoms with Crippen LogP contribution in [0.2, 0.25) is 0 Å². The van der Waals surface area contributed by atoms with Gasteiger partial charge in [0.1, 0.15) is 12.2 Å². The van der Waals surface area contributed by atoms with E-state index in [1.165, 1.54) is 0 Å². The second-order valence-electron chi connectivity index (χ2n) is 27.0. The Labute approximate surface area is 448 Å². The van der Waals surface area contributed by atoms with Gasteiger partial charge in [0.05, 0.1) is 23.7 Å². The average molecular weight is 1100 g/mol. The molecule has 0 saturated heterocycles. The molecular weight excluding hydrogens is 1000 g/mol. The summed E-state index contributed by atoms with van der Waals surface area (Å²) >= 11 is 0. The third-order valence-corrected chi connectivity index (χ3v) is 24.6. The summed E-state index contributed by atoms with van der Waals surface area (Å²) in [5, 5.41) is 27.1. The third-order valence-electron chi connectivity index (χ3n) is 23.1. The maximum Gasteiger partial charge on any atom is 0.306 e. The van der Waals surface area contributed by atoms with Crippen LogP contribution in [0.1, 0.15) is 189 Å². The van der Waals surface area contributed by atoms with Crippen LogP contribution in [0.25, 0.3) is 0 Å². The SMILES string of the molecule is C[C@H](CCC(=O)NCCS(=O)(=O)O)[C@H]1CC[C@@H]2[C@@H]3[C@@H](CC[C@]21C)[C@]1(C)CC[C@H](O)CC1C[C@H]3OC(=O)CCCC(=O)O[C@@H]1CC2C[C@@H](O)CC[C@@]2(C)[C@@H]2CC[C@]3(C)[C@H](CC[C@H]3[C@H](C)CCC(=O)NCCS(=O)(=O)O)[C@H]21. The van der Waals surface area contributed by atoms with Crippen LogP contribution in [0.4, 0.5) is 0 Å². The van der Waals surface area contributed by atoms with E-state index in [4.69, 9.17) is 18.6 Å². The minimum absolute atomic E-state index is 0.0117.